The summed E-state index contributed by atoms with van der Waals surface area (Å²) in [5.41, 5.74) is 6.58. The summed E-state index contributed by atoms with van der Waals surface area (Å²) in [7, 11) is 0. The zero-order valence-corrected chi connectivity index (χ0v) is 13.6. The quantitative estimate of drug-likeness (QED) is 0.819. The molecular weight excluding hydrogens is 307 g/mol. The molecule has 0 aliphatic carbocycles. The van der Waals surface area contributed by atoms with E-state index in [1.807, 2.05) is 6.07 Å². The highest BCUT2D eigenvalue weighted by Crippen LogP contribution is 2.26. The van der Waals surface area contributed by atoms with E-state index >= 15 is 0 Å². The van der Waals surface area contributed by atoms with Crippen LogP contribution in [0.25, 0.3) is 0 Å². The van der Waals surface area contributed by atoms with Crippen LogP contribution in [-0.4, -0.2) is 24.5 Å². The van der Waals surface area contributed by atoms with Gasteiger partial charge < -0.3 is 5.73 Å². The summed E-state index contributed by atoms with van der Waals surface area (Å²) in [6.07, 6.45) is 1.12. The maximum atomic E-state index is 14.0. The maximum absolute atomic E-state index is 14.0. The second-order valence-electron chi connectivity index (χ2n) is 5.02. The fraction of sp³-hybridized carbons (Fsp3) is 0.600. The van der Waals surface area contributed by atoms with Crippen LogP contribution >= 0.6 is 15.9 Å². The first-order valence-electron chi connectivity index (χ1n) is 6.92. The number of nitrogens with two attached hydrogens (primary N) is 1. The van der Waals surface area contributed by atoms with E-state index in [1.54, 1.807) is 6.07 Å². The number of benzene rings is 1. The first-order valence-corrected chi connectivity index (χ1v) is 7.71. The van der Waals surface area contributed by atoms with E-state index in [0.29, 0.717) is 18.0 Å². The number of hydrogen-bond donors (Lipinski definition) is 1. The predicted molar refractivity (Wildman–Crippen MR) is 82.6 cm³/mol. The van der Waals surface area contributed by atoms with Gasteiger partial charge in [-0.15, -0.1) is 0 Å². The second kappa shape index (κ2) is 7.98. The SMILES string of the molecule is CCC(C)CN(CC)C(CN)c1cc(Br)ccc1F. The van der Waals surface area contributed by atoms with Gasteiger partial charge in [0.2, 0.25) is 0 Å². The van der Waals surface area contributed by atoms with Gasteiger partial charge in [0.1, 0.15) is 5.82 Å². The molecule has 19 heavy (non-hydrogen) atoms. The van der Waals surface area contributed by atoms with E-state index in [1.165, 1.54) is 6.07 Å². The standard InChI is InChI=1S/C15H24BrFN2/c1-4-11(3)10-19(5-2)15(9-18)13-8-12(16)6-7-14(13)17/h6-8,11,15H,4-5,9-10,18H2,1-3H3. The van der Waals surface area contributed by atoms with Crippen molar-refractivity contribution in [2.75, 3.05) is 19.6 Å². The number of rotatable bonds is 7. The van der Waals surface area contributed by atoms with Crippen LogP contribution in [0.1, 0.15) is 38.8 Å². The molecule has 2 N–H and O–H groups in total. The molecule has 0 amide bonds. The van der Waals surface area contributed by atoms with Gasteiger partial charge in [-0.1, -0.05) is 43.1 Å². The van der Waals surface area contributed by atoms with Crippen LogP contribution in [0.2, 0.25) is 0 Å². The van der Waals surface area contributed by atoms with E-state index in [-0.39, 0.29) is 11.9 Å². The molecule has 2 unspecified atom stereocenters. The van der Waals surface area contributed by atoms with Crippen LogP contribution in [-0.2, 0) is 0 Å². The third kappa shape index (κ3) is 4.55. The van der Waals surface area contributed by atoms with E-state index in [9.17, 15) is 4.39 Å². The monoisotopic (exact) mass is 330 g/mol. The van der Waals surface area contributed by atoms with Crippen molar-refractivity contribution in [3.8, 4) is 0 Å². The van der Waals surface area contributed by atoms with Crippen molar-refractivity contribution in [2.45, 2.75) is 33.2 Å². The molecule has 1 aromatic rings. The Morgan fingerprint density at radius 3 is 2.58 bits per heavy atom. The molecule has 0 radical (unpaired) electrons. The average molecular weight is 331 g/mol. The lowest BCUT2D eigenvalue weighted by Gasteiger charge is -2.32. The molecule has 0 spiro atoms. The summed E-state index contributed by atoms with van der Waals surface area (Å²) in [6.45, 7) is 8.74. The van der Waals surface area contributed by atoms with Crippen molar-refractivity contribution in [2.24, 2.45) is 11.7 Å². The van der Waals surface area contributed by atoms with E-state index < -0.39 is 0 Å². The van der Waals surface area contributed by atoms with Crippen LogP contribution in [0.3, 0.4) is 0 Å². The molecule has 0 aliphatic heterocycles. The number of nitrogens with zero attached hydrogens (tertiary/aromatic N) is 1. The summed E-state index contributed by atoms with van der Waals surface area (Å²) in [5.74, 6) is 0.408. The molecule has 108 valence electrons. The molecule has 0 aromatic heterocycles. The Morgan fingerprint density at radius 2 is 2.05 bits per heavy atom. The normalized spacial score (nSPS) is 14.7. The Bertz CT molecular complexity index is 398. The van der Waals surface area contributed by atoms with Crippen molar-refractivity contribution in [3.05, 3.63) is 34.1 Å². The van der Waals surface area contributed by atoms with Crippen molar-refractivity contribution in [3.63, 3.8) is 0 Å². The fourth-order valence-corrected chi connectivity index (χ4v) is 2.63. The second-order valence-corrected chi connectivity index (χ2v) is 5.93. The van der Waals surface area contributed by atoms with Gasteiger partial charge in [0.15, 0.2) is 0 Å². The highest BCUT2D eigenvalue weighted by atomic mass is 79.9. The summed E-state index contributed by atoms with van der Waals surface area (Å²) in [5, 5.41) is 0. The minimum Gasteiger partial charge on any atom is -0.329 e. The molecule has 2 nitrogen and oxygen atoms in total. The van der Waals surface area contributed by atoms with Crippen molar-refractivity contribution in [1.82, 2.24) is 4.90 Å². The first kappa shape index (κ1) is 16.6. The molecule has 1 aromatic carbocycles. The summed E-state index contributed by atoms with van der Waals surface area (Å²) >= 11 is 3.40. The Hall–Kier alpha value is -0.450. The smallest absolute Gasteiger partial charge is 0.128 e. The van der Waals surface area contributed by atoms with E-state index in [2.05, 4.69) is 41.6 Å². The summed E-state index contributed by atoms with van der Waals surface area (Å²) in [6, 6.07) is 5.00. The Labute approximate surface area is 124 Å². The molecule has 0 saturated carbocycles. The lowest BCUT2D eigenvalue weighted by atomic mass is 10.0. The third-order valence-corrected chi connectivity index (χ3v) is 4.12. The fourth-order valence-electron chi connectivity index (χ4n) is 2.25. The van der Waals surface area contributed by atoms with Gasteiger partial charge in [0.25, 0.3) is 0 Å². The van der Waals surface area contributed by atoms with Gasteiger partial charge in [-0.05, 0) is 30.7 Å². The lowest BCUT2D eigenvalue weighted by molar-refractivity contribution is 0.179. The number of likely N-dealkylation sites (N-methyl/N-ethyl adjacent to an activating group) is 1. The first-order chi connectivity index (χ1) is 9.03. The van der Waals surface area contributed by atoms with Crippen molar-refractivity contribution in [1.29, 1.82) is 0 Å². The Balaban J connectivity index is 2.99. The van der Waals surface area contributed by atoms with Crippen LogP contribution in [0.4, 0.5) is 4.39 Å². The number of hydrogen-bond acceptors (Lipinski definition) is 2. The maximum Gasteiger partial charge on any atom is 0.128 e. The van der Waals surface area contributed by atoms with Gasteiger partial charge in [0, 0.05) is 29.2 Å². The molecule has 0 fully saturated rings. The van der Waals surface area contributed by atoms with Crippen molar-refractivity contribution >= 4 is 15.9 Å². The van der Waals surface area contributed by atoms with Gasteiger partial charge in [-0.3, -0.25) is 4.90 Å². The van der Waals surface area contributed by atoms with E-state index in [0.717, 1.165) is 24.0 Å². The summed E-state index contributed by atoms with van der Waals surface area (Å²) in [4.78, 5) is 2.26. The number of halogens is 2. The van der Waals surface area contributed by atoms with E-state index in [4.69, 9.17) is 5.73 Å². The summed E-state index contributed by atoms with van der Waals surface area (Å²) < 4.78 is 14.9. The average Bonchev–Trinajstić information content (AvgIpc) is 2.41. The van der Waals surface area contributed by atoms with Gasteiger partial charge in [-0.2, -0.15) is 0 Å². The predicted octanol–water partition coefficient (Wildman–Crippen LogP) is 3.96. The minimum atomic E-state index is -0.179. The zero-order valence-electron chi connectivity index (χ0n) is 12.0. The molecule has 0 bridgehead atoms. The molecular formula is C15H24BrFN2. The molecule has 4 heteroatoms. The highest BCUT2D eigenvalue weighted by Gasteiger charge is 2.22. The zero-order chi connectivity index (χ0) is 14.4. The minimum absolute atomic E-state index is 0.0588. The Kier molecular flexibility index (Phi) is 6.97. The van der Waals surface area contributed by atoms with Crippen LogP contribution in [0.5, 0.6) is 0 Å². The largest absolute Gasteiger partial charge is 0.329 e. The topological polar surface area (TPSA) is 29.3 Å². The van der Waals surface area contributed by atoms with Crippen molar-refractivity contribution < 1.29 is 4.39 Å². The molecule has 1 rings (SSSR count). The highest BCUT2D eigenvalue weighted by molar-refractivity contribution is 9.10. The van der Waals surface area contributed by atoms with Gasteiger partial charge in [0.05, 0.1) is 0 Å². The molecule has 2 atom stereocenters. The molecule has 0 heterocycles. The molecule has 0 saturated heterocycles. The van der Waals surface area contributed by atoms with Crippen LogP contribution in [0.15, 0.2) is 22.7 Å². The molecule has 0 aliphatic rings. The Morgan fingerprint density at radius 1 is 1.37 bits per heavy atom. The van der Waals surface area contributed by atoms with Crippen LogP contribution in [0, 0.1) is 11.7 Å². The van der Waals surface area contributed by atoms with Gasteiger partial charge >= 0.3 is 0 Å². The lowest BCUT2D eigenvalue weighted by Crippen LogP contribution is -2.37. The third-order valence-electron chi connectivity index (χ3n) is 3.63. The van der Waals surface area contributed by atoms with Crippen LogP contribution < -0.4 is 5.73 Å². The van der Waals surface area contributed by atoms with Gasteiger partial charge in [-0.25, -0.2) is 4.39 Å².